The van der Waals surface area contributed by atoms with Gasteiger partial charge in [-0.15, -0.1) is 0 Å². The minimum absolute atomic E-state index is 0.0546. The molecular weight excluding hydrogens is 342 g/mol. The van der Waals surface area contributed by atoms with Gasteiger partial charge >= 0.3 is 5.69 Å². The highest BCUT2D eigenvalue weighted by Crippen LogP contribution is 2.37. The molecule has 0 amide bonds. The average molecular weight is 372 g/mol. The summed E-state index contributed by atoms with van der Waals surface area (Å²) in [5.41, 5.74) is -0.877. The lowest BCUT2D eigenvalue weighted by molar-refractivity contribution is -0.0436. The second-order valence-electron chi connectivity index (χ2n) is 8.18. The van der Waals surface area contributed by atoms with E-state index in [1.807, 2.05) is 0 Å². The van der Waals surface area contributed by atoms with Crippen molar-refractivity contribution < 1.29 is 14.3 Å². The van der Waals surface area contributed by atoms with Gasteiger partial charge in [0.2, 0.25) is 0 Å². The van der Waals surface area contributed by atoms with Crippen LogP contribution in [0.1, 0.15) is 39.0 Å². The molecule has 9 heteroatoms. The van der Waals surface area contributed by atoms with Crippen molar-refractivity contribution in [2.75, 3.05) is 12.4 Å². The van der Waals surface area contributed by atoms with Crippen molar-refractivity contribution in [1.82, 2.24) is 9.24 Å². The summed E-state index contributed by atoms with van der Waals surface area (Å²) >= 11 is 0. The summed E-state index contributed by atoms with van der Waals surface area (Å²) in [6.45, 7) is 12.5. The molecule has 1 aliphatic rings. The highest BCUT2D eigenvalue weighted by molar-refractivity contribution is 6.74. The first-order valence-electron chi connectivity index (χ1n) is 8.42. The first-order chi connectivity index (χ1) is 11.3. The average Bonchev–Trinajstić information content (AvgIpc) is 2.86. The van der Waals surface area contributed by atoms with Gasteiger partial charge < -0.3 is 20.1 Å². The van der Waals surface area contributed by atoms with Gasteiger partial charge in [0.05, 0.1) is 12.7 Å². The summed E-state index contributed by atoms with van der Waals surface area (Å²) in [5, 5.41) is 10.4. The molecule has 0 spiro atoms. The van der Waals surface area contributed by atoms with Gasteiger partial charge in [-0.25, -0.2) is 4.79 Å². The lowest BCUT2D eigenvalue weighted by Gasteiger charge is -2.37. The number of nitrogens with zero attached hydrogens (tertiary/aromatic N) is 2. The Labute approximate surface area is 148 Å². The van der Waals surface area contributed by atoms with Gasteiger partial charge in [-0.05, 0) is 25.1 Å². The predicted octanol–water partition coefficient (Wildman–Crippen LogP) is 0.702. The van der Waals surface area contributed by atoms with Gasteiger partial charge in [0.25, 0.3) is 5.56 Å². The van der Waals surface area contributed by atoms with Gasteiger partial charge in [-0.1, -0.05) is 20.8 Å². The molecule has 1 unspecified atom stereocenters. The molecule has 142 valence electrons. The van der Waals surface area contributed by atoms with E-state index in [1.165, 1.54) is 10.8 Å². The molecule has 2 heterocycles. The molecule has 1 aromatic rings. The Bertz CT molecular complexity index is 750. The molecule has 1 fully saturated rings. The smallest absolute Gasteiger partial charge is 0.351 e. The van der Waals surface area contributed by atoms with Crippen molar-refractivity contribution in [3.8, 4) is 0 Å². The van der Waals surface area contributed by atoms with Crippen LogP contribution in [-0.4, -0.2) is 41.5 Å². The van der Waals surface area contributed by atoms with E-state index in [2.05, 4.69) is 33.9 Å². The monoisotopic (exact) mass is 371 g/mol. The zero-order chi connectivity index (χ0) is 19.2. The second kappa shape index (κ2) is 6.71. The molecule has 1 aliphatic heterocycles. The highest BCUT2D eigenvalue weighted by atomic mass is 28.4. The Balaban J connectivity index is 2.15. The molecule has 0 saturated carbocycles. The fraction of sp³-hybridized carbons (Fsp3) is 0.750. The molecule has 0 radical (unpaired) electrons. The first kappa shape index (κ1) is 19.9. The number of hydrogen-bond acceptors (Lipinski definition) is 6. The van der Waals surface area contributed by atoms with Crippen molar-refractivity contribution in [2.24, 2.45) is 0 Å². The summed E-state index contributed by atoms with van der Waals surface area (Å²) in [6.07, 6.45) is -0.291. The van der Waals surface area contributed by atoms with Crippen LogP contribution in [0.25, 0.3) is 0 Å². The van der Waals surface area contributed by atoms with Crippen molar-refractivity contribution in [2.45, 2.75) is 70.7 Å². The minimum Gasteiger partial charge on any atom is -0.414 e. The topological polar surface area (TPSA) is 109 Å². The third-order valence-electron chi connectivity index (χ3n) is 5.24. The summed E-state index contributed by atoms with van der Waals surface area (Å²) in [4.78, 5) is 23.9. The van der Waals surface area contributed by atoms with E-state index in [4.69, 9.17) is 15.0 Å². The SMILES string of the molecule is Cc1cn([C@H]2CC(O)[C@@H](CO[Si](C)(C)C(C)(C)C)O2)c(=O)n(N)c1=O. The van der Waals surface area contributed by atoms with Crippen LogP contribution in [0.3, 0.4) is 0 Å². The van der Waals surface area contributed by atoms with E-state index in [9.17, 15) is 14.7 Å². The first-order valence-corrected chi connectivity index (χ1v) is 11.3. The molecule has 0 aromatic carbocycles. The maximum atomic E-state index is 12.2. The molecule has 1 saturated heterocycles. The molecule has 1 aromatic heterocycles. The van der Waals surface area contributed by atoms with Gasteiger partial charge in [-0.2, -0.15) is 4.68 Å². The third-order valence-corrected chi connectivity index (χ3v) is 9.75. The summed E-state index contributed by atoms with van der Waals surface area (Å²) in [7, 11) is -1.96. The normalized spacial score (nSPS) is 24.7. The minimum atomic E-state index is -1.96. The van der Waals surface area contributed by atoms with Crippen LogP contribution in [0, 0.1) is 6.92 Å². The van der Waals surface area contributed by atoms with Crippen LogP contribution in [0.15, 0.2) is 15.8 Å². The Kier molecular flexibility index (Phi) is 5.34. The molecule has 2 rings (SSSR count). The number of aliphatic hydroxyl groups excluding tert-OH is 1. The molecular formula is C16H29N3O5Si. The number of nitrogen functional groups attached to an aromatic ring is 1. The van der Waals surface area contributed by atoms with Gasteiger partial charge in [0, 0.05) is 18.2 Å². The summed E-state index contributed by atoms with van der Waals surface area (Å²) < 4.78 is 13.8. The number of aryl methyl sites for hydroxylation is 1. The van der Waals surface area contributed by atoms with Crippen molar-refractivity contribution >= 4 is 8.32 Å². The van der Waals surface area contributed by atoms with Gasteiger partial charge in [-0.3, -0.25) is 9.36 Å². The van der Waals surface area contributed by atoms with Crippen molar-refractivity contribution in [3.05, 3.63) is 32.6 Å². The lowest BCUT2D eigenvalue weighted by Crippen LogP contribution is -2.46. The number of aliphatic hydroxyl groups is 1. The predicted molar refractivity (Wildman–Crippen MR) is 97.5 cm³/mol. The number of ether oxygens (including phenoxy) is 1. The number of nitrogens with two attached hydrogens (primary N) is 1. The van der Waals surface area contributed by atoms with Gasteiger partial charge in [0.15, 0.2) is 8.32 Å². The number of hydrogen-bond donors (Lipinski definition) is 2. The van der Waals surface area contributed by atoms with E-state index in [-0.39, 0.29) is 18.1 Å². The van der Waals surface area contributed by atoms with Gasteiger partial charge in [0.1, 0.15) is 12.3 Å². The number of rotatable bonds is 4. The van der Waals surface area contributed by atoms with Crippen LogP contribution in [0.4, 0.5) is 0 Å². The molecule has 3 atom stereocenters. The maximum absolute atomic E-state index is 12.2. The Hall–Kier alpha value is -1.42. The zero-order valence-electron chi connectivity index (χ0n) is 15.8. The van der Waals surface area contributed by atoms with Crippen molar-refractivity contribution in [3.63, 3.8) is 0 Å². The Morgan fingerprint density at radius 1 is 1.40 bits per heavy atom. The van der Waals surface area contributed by atoms with Crippen LogP contribution in [0.5, 0.6) is 0 Å². The van der Waals surface area contributed by atoms with E-state index in [0.717, 1.165) is 0 Å². The second-order valence-corrected chi connectivity index (χ2v) is 13.0. The molecule has 0 bridgehead atoms. The van der Waals surface area contributed by atoms with E-state index >= 15 is 0 Å². The van der Waals surface area contributed by atoms with Crippen LogP contribution in [0.2, 0.25) is 18.1 Å². The fourth-order valence-corrected chi connectivity index (χ4v) is 3.48. The Morgan fingerprint density at radius 2 is 2.00 bits per heavy atom. The largest absolute Gasteiger partial charge is 0.414 e. The molecule has 0 aliphatic carbocycles. The van der Waals surface area contributed by atoms with E-state index in [0.29, 0.717) is 10.2 Å². The molecule has 3 N–H and O–H groups in total. The lowest BCUT2D eigenvalue weighted by atomic mass is 10.2. The number of aromatic nitrogens is 2. The van der Waals surface area contributed by atoms with Crippen LogP contribution >= 0.6 is 0 Å². The summed E-state index contributed by atoms with van der Waals surface area (Å²) in [6, 6.07) is 0. The van der Waals surface area contributed by atoms with Crippen LogP contribution < -0.4 is 17.1 Å². The third kappa shape index (κ3) is 3.89. The van der Waals surface area contributed by atoms with E-state index < -0.39 is 38.0 Å². The quantitative estimate of drug-likeness (QED) is 0.596. The van der Waals surface area contributed by atoms with Crippen LogP contribution in [-0.2, 0) is 9.16 Å². The zero-order valence-corrected chi connectivity index (χ0v) is 16.8. The summed E-state index contributed by atoms with van der Waals surface area (Å²) in [5.74, 6) is 5.52. The standard InChI is InChI=1S/C16H29N3O5Si/c1-10-8-18(15(22)19(17)14(10)21)13-7-11(20)12(24-13)9-23-25(5,6)16(2,3)4/h8,11-13,20H,7,9,17H2,1-6H3/t11?,12-,13-/m1/s1. The molecule has 8 nitrogen and oxygen atoms in total. The fourth-order valence-electron chi connectivity index (χ4n) is 2.47. The van der Waals surface area contributed by atoms with E-state index in [1.54, 1.807) is 6.92 Å². The molecule has 25 heavy (non-hydrogen) atoms. The Morgan fingerprint density at radius 3 is 2.56 bits per heavy atom. The highest BCUT2D eigenvalue weighted by Gasteiger charge is 2.41. The van der Waals surface area contributed by atoms with Crippen molar-refractivity contribution in [1.29, 1.82) is 0 Å². The maximum Gasteiger partial charge on any atom is 0.351 e.